The Labute approximate surface area is 92.5 Å². The molecule has 0 amide bonds. The number of rotatable bonds is 2. The van der Waals surface area contributed by atoms with E-state index in [0.717, 1.165) is 13.1 Å². The second-order valence-corrected chi connectivity index (χ2v) is 3.69. The van der Waals surface area contributed by atoms with Crippen LogP contribution in [0.15, 0.2) is 30.3 Å². The third kappa shape index (κ3) is 3.05. The van der Waals surface area contributed by atoms with Gasteiger partial charge in [0.15, 0.2) is 0 Å². The molecule has 2 heteroatoms. The first-order valence-electron chi connectivity index (χ1n) is 5.74. The van der Waals surface area contributed by atoms with E-state index in [1.807, 2.05) is 19.9 Å². The molecule has 0 radical (unpaired) electrons. The molecule has 0 spiro atoms. The van der Waals surface area contributed by atoms with E-state index < -0.39 is 0 Å². The summed E-state index contributed by atoms with van der Waals surface area (Å²) in [7, 11) is 0. The SMILES string of the molecule is CC.CC(c1ccccc1)N1CC(O)C1. The Morgan fingerprint density at radius 1 is 1.20 bits per heavy atom. The summed E-state index contributed by atoms with van der Waals surface area (Å²) in [6.07, 6.45) is -0.105. The number of benzene rings is 1. The minimum Gasteiger partial charge on any atom is -0.390 e. The van der Waals surface area contributed by atoms with Crippen molar-refractivity contribution in [2.24, 2.45) is 0 Å². The lowest BCUT2D eigenvalue weighted by molar-refractivity contribution is -0.0211. The van der Waals surface area contributed by atoms with Crippen LogP contribution in [0.5, 0.6) is 0 Å². The van der Waals surface area contributed by atoms with Gasteiger partial charge in [0.1, 0.15) is 0 Å². The van der Waals surface area contributed by atoms with Crippen LogP contribution in [0.2, 0.25) is 0 Å². The van der Waals surface area contributed by atoms with Crippen LogP contribution in [-0.4, -0.2) is 29.2 Å². The van der Waals surface area contributed by atoms with Crippen LogP contribution in [-0.2, 0) is 0 Å². The van der Waals surface area contributed by atoms with E-state index in [2.05, 4.69) is 36.1 Å². The van der Waals surface area contributed by atoms with Crippen molar-refractivity contribution in [1.82, 2.24) is 4.90 Å². The molecule has 1 aromatic carbocycles. The Morgan fingerprint density at radius 3 is 2.20 bits per heavy atom. The summed E-state index contributed by atoms with van der Waals surface area (Å²) in [5.74, 6) is 0. The smallest absolute Gasteiger partial charge is 0.0794 e. The Bertz CT molecular complexity index is 267. The van der Waals surface area contributed by atoms with Gasteiger partial charge in [0.25, 0.3) is 0 Å². The zero-order valence-electron chi connectivity index (χ0n) is 9.85. The van der Waals surface area contributed by atoms with Crippen LogP contribution < -0.4 is 0 Å². The van der Waals surface area contributed by atoms with Crippen molar-refractivity contribution in [3.05, 3.63) is 35.9 Å². The zero-order valence-corrected chi connectivity index (χ0v) is 9.85. The third-order valence-corrected chi connectivity index (χ3v) is 2.72. The number of likely N-dealkylation sites (tertiary alicyclic amines) is 1. The minimum absolute atomic E-state index is 0.105. The molecule has 1 aliphatic rings. The van der Waals surface area contributed by atoms with Crippen LogP contribution in [0, 0.1) is 0 Å². The second-order valence-electron chi connectivity index (χ2n) is 3.69. The van der Waals surface area contributed by atoms with Gasteiger partial charge >= 0.3 is 0 Å². The predicted molar refractivity (Wildman–Crippen MR) is 63.8 cm³/mol. The van der Waals surface area contributed by atoms with Crippen LogP contribution in [0.4, 0.5) is 0 Å². The highest BCUT2D eigenvalue weighted by molar-refractivity contribution is 5.18. The number of aliphatic hydroxyl groups excluding tert-OH is 1. The van der Waals surface area contributed by atoms with Crippen molar-refractivity contribution in [3.8, 4) is 0 Å². The first-order chi connectivity index (χ1) is 7.27. The van der Waals surface area contributed by atoms with E-state index in [9.17, 15) is 5.11 Å². The number of nitrogens with zero attached hydrogens (tertiary/aromatic N) is 1. The Morgan fingerprint density at radius 2 is 1.73 bits per heavy atom. The molecule has 1 N–H and O–H groups in total. The molecule has 0 bridgehead atoms. The quantitative estimate of drug-likeness (QED) is 0.805. The molecule has 15 heavy (non-hydrogen) atoms. The van der Waals surface area contributed by atoms with Gasteiger partial charge in [0.05, 0.1) is 6.10 Å². The summed E-state index contributed by atoms with van der Waals surface area (Å²) in [5.41, 5.74) is 1.33. The fourth-order valence-corrected chi connectivity index (χ4v) is 1.75. The lowest BCUT2D eigenvalue weighted by atomic mass is 10.0. The molecule has 2 rings (SSSR count). The van der Waals surface area contributed by atoms with Gasteiger partial charge in [-0.1, -0.05) is 44.2 Å². The summed E-state index contributed by atoms with van der Waals surface area (Å²) < 4.78 is 0. The van der Waals surface area contributed by atoms with Crippen molar-refractivity contribution in [2.75, 3.05) is 13.1 Å². The van der Waals surface area contributed by atoms with Crippen LogP contribution in [0.1, 0.15) is 32.4 Å². The molecule has 1 aliphatic heterocycles. The summed E-state index contributed by atoms with van der Waals surface area (Å²) in [6.45, 7) is 7.81. The van der Waals surface area contributed by atoms with Gasteiger partial charge in [-0.05, 0) is 12.5 Å². The van der Waals surface area contributed by atoms with E-state index in [0.29, 0.717) is 6.04 Å². The molecule has 1 atom stereocenters. The Balaban J connectivity index is 0.000000531. The van der Waals surface area contributed by atoms with Crippen molar-refractivity contribution < 1.29 is 5.11 Å². The fraction of sp³-hybridized carbons (Fsp3) is 0.538. The molecule has 84 valence electrons. The number of hydrogen-bond donors (Lipinski definition) is 1. The molecule has 0 aromatic heterocycles. The monoisotopic (exact) mass is 207 g/mol. The van der Waals surface area contributed by atoms with E-state index in [1.54, 1.807) is 0 Å². The number of hydrogen-bond acceptors (Lipinski definition) is 2. The highest BCUT2D eigenvalue weighted by Crippen LogP contribution is 2.24. The van der Waals surface area contributed by atoms with Gasteiger partial charge in [-0.3, -0.25) is 4.90 Å². The first-order valence-corrected chi connectivity index (χ1v) is 5.74. The summed E-state index contributed by atoms with van der Waals surface area (Å²) in [6, 6.07) is 10.8. The molecular weight excluding hydrogens is 186 g/mol. The second kappa shape index (κ2) is 5.89. The molecule has 2 nitrogen and oxygen atoms in total. The average molecular weight is 207 g/mol. The summed E-state index contributed by atoms with van der Waals surface area (Å²) >= 11 is 0. The molecule has 1 fully saturated rings. The molecule has 0 saturated carbocycles. The molecule has 1 heterocycles. The van der Waals surface area contributed by atoms with Gasteiger partial charge in [-0.25, -0.2) is 0 Å². The normalized spacial score (nSPS) is 18.7. The number of aliphatic hydroxyl groups is 1. The highest BCUT2D eigenvalue weighted by Gasteiger charge is 2.28. The lowest BCUT2D eigenvalue weighted by Crippen LogP contribution is -2.51. The third-order valence-electron chi connectivity index (χ3n) is 2.72. The Hall–Kier alpha value is -0.860. The summed E-state index contributed by atoms with van der Waals surface area (Å²) in [4.78, 5) is 2.28. The van der Waals surface area contributed by atoms with E-state index in [-0.39, 0.29) is 6.10 Å². The molecule has 1 aromatic rings. The maximum atomic E-state index is 9.17. The molecule has 1 unspecified atom stereocenters. The van der Waals surface area contributed by atoms with Gasteiger partial charge in [0.2, 0.25) is 0 Å². The largest absolute Gasteiger partial charge is 0.390 e. The lowest BCUT2D eigenvalue weighted by Gasteiger charge is -2.40. The van der Waals surface area contributed by atoms with Gasteiger partial charge in [0, 0.05) is 19.1 Å². The van der Waals surface area contributed by atoms with Gasteiger partial charge in [-0.15, -0.1) is 0 Å². The Kier molecular flexibility index (Phi) is 4.79. The van der Waals surface area contributed by atoms with Crippen LogP contribution in [0.25, 0.3) is 0 Å². The first kappa shape index (κ1) is 12.2. The molecular formula is C13H21NO. The zero-order chi connectivity index (χ0) is 11.3. The van der Waals surface area contributed by atoms with Crippen molar-refractivity contribution in [2.45, 2.75) is 32.9 Å². The fourth-order valence-electron chi connectivity index (χ4n) is 1.75. The van der Waals surface area contributed by atoms with Crippen LogP contribution >= 0.6 is 0 Å². The number of β-amino-alcohol motifs (C(OH)–C–C–N with tert-alkyl or cyclic N) is 1. The predicted octanol–water partition coefficient (Wildman–Crippen LogP) is 2.45. The molecule has 1 saturated heterocycles. The van der Waals surface area contributed by atoms with Crippen molar-refractivity contribution >= 4 is 0 Å². The van der Waals surface area contributed by atoms with Gasteiger partial charge < -0.3 is 5.11 Å². The average Bonchev–Trinajstić information content (AvgIpc) is 2.28. The van der Waals surface area contributed by atoms with E-state index in [4.69, 9.17) is 0 Å². The maximum absolute atomic E-state index is 9.17. The van der Waals surface area contributed by atoms with Crippen molar-refractivity contribution in [1.29, 1.82) is 0 Å². The van der Waals surface area contributed by atoms with Gasteiger partial charge in [-0.2, -0.15) is 0 Å². The summed E-state index contributed by atoms with van der Waals surface area (Å²) in [5, 5.41) is 9.17. The minimum atomic E-state index is -0.105. The highest BCUT2D eigenvalue weighted by atomic mass is 16.3. The van der Waals surface area contributed by atoms with E-state index >= 15 is 0 Å². The topological polar surface area (TPSA) is 23.5 Å². The van der Waals surface area contributed by atoms with E-state index in [1.165, 1.54) is 5.56 Å². The molecule has 0 aliphatic carbocycles. The maximum Gasteiger partial charge on any atom is 0.0794 e. The standard InChI is InChI=1S/C11H15NO.C2H6/c1-9(12-7-11(13)8-12)10-5-3-2-4-6-10;1-2/h2-6,9,11,13H,7-8H2,1H3;1-2H3. The van der Waals surface area contributed by atoms with Crippen molar-refractivity contribution in [3.63, 3.8) is 0 Å². The van der Waals surface area contributed by atoms with Crippen LogP contribution in [0.3, 0.4) is 0 Å².